The van der Waals surface area contributed by atoms with Gasteiger partial charge in [-0.1, -0.05) is 30.0 Å². The van der Waals surface area contributed by atoms with E-state index in [-0.39, 0.29) is 18.0 Å². The van der Waals surface area contributed by atoms with Gasteiger partial charge in [0.05, 0.1) is 5.25 Å². The second-order valence-electron chi connectivity index (χ2n) is 5.56. The second-order valence-corrected chi connectivity index (χ2v) is 6.85. The number of nitrogens with zero attached hydrogens (tertiary/aromatic N) is 2. The Labute approximate surface area is 153 Å². The van der Waals surface area contributed by atoms with E-state index in [9.17, 15) is 4.79 Å². The maximum Gasteiger partial charge on any atom is 0.277 e. The molecular formula is C18H15N3O4S. The fraction of sp³-hybridized carbons (Fsp3) is 0.167. The van der Waals surface area contributed by atoms with E-state index in [4.69, 9.17) is 13.9 Å². The van der Waals surface area contributed by atoms with Crippen LogP contribution >= 0.6 is 11.8 Å². The maximum absolute atomic E-state index is 12.3. The van der Waals surface area contributed by atoms with E-state index in [2.05, 4.69) is 15.5 Å². The topological polar surface area (TPSA) is 86.5 Å². The zero-order valence-electron chi connectivity index (χ0n) is 13.8. The Bertz CT molecular complexity index is 929. The number of thioether (sulfide) groups is 1. The molecule has 0 aliphatic carbocycles. The molecule has 4 rings (SSSR count). The highest BCUT2D eigenvalue weighted by molar-refractivity contribution is 8.00. The van der Waals surface area contributed by atoms with Gasteiger partial charge < -0.3 is 19.2 Å². The van der Waals surface area contributed by atoms with Gasteiger partial charge in [0.25, 0.3) is 5.22 Å². The highest BCUT2D eigenvalue weighted by Gasteiger charge is 2.20. The summed E-state index contributed by atoms with van der Waals surface area (Å²) in [6, 6.07) is 14.7. The quantitative estimate of drug-likeness (QED) is 0.688. The number of rotatable bonds is 5. The van der Waals surface area contributed by atoms with Crippen LogP contribution in [-0.2, 0) is 4.79 Å². The van der Waals surface area contributed by atoms with Crippen molar-refractivity contribution in [3.63, 3.8) is 0 Å². The lowest BCUT2D eigenvalue weighted by molar-refractivity contribution is -0.115. The van der Waals surface area contributed by atoms with Crippen LogP contribution in [0.4, 0.5) is 5.69 Å². The number of anilines is 1. The Kier molecular flexibility index (Phi) is 4.49. The Morgan fingerprint density at radius 1 is 1.12 bits per heavy atom. The molecule has 0 fully saturated rings. The summed E-state index contributed by atoms with van der Waals surface area (Å²) in [5, 5.41) is 10.8. The molecule has 132 valence electrons. The van der Waals surface area contributed by atoms with Gasteiger partial charge >= 0.3 is 0 Å². The smallest absolute Gasteiger partial charge is 0.277 e. The van der Waals surface area contributed by atoms with Crippen LogP contribution < -0.4 is 14.8 Å². The summed E-state index contributed by atoms with van der Waals surface area (Å²) in [5.74, 6) is 1.56. The first-order valence-corrected chi connectivity index (χ1v) is 8.83. The van der Waals surface area contributed by atoms with Crippen molar-refractivity contribution in [1.29, 1.82) is 0 Å². The van der Waals surface area contributed by atoms with Crippen molar-refractivity contribution in [2.45, 2.75) is 17.4 Å². The number of hydrogen-bond donors (Lipinski definition) is 1. The minimum Gasteiger partial charge on any atom is -0.454 e. The van der Waals surface area contributed by atoms with E-state index in [1.54, 1.807) is 19.1 Å². The zero-order valence-corrected chi connectivity index (χ0v) is 14.7. The second kappa shape index (κ2) is 7.09. The monoisotopic (exact) mass is 369 g/mol. The number of para-hydroxylation sites is 1. The van der Waals surface area contributed by atoms with Crippen LogP contribution in [0.5, 0.6) is 11.5 Å². The molecule has 7 nitrogen and oxygen atoms in total. The van der Waals surface area contributed by atoms with Gasteiger partial charge in [0, 0.05) is 11.3 Å². The van der Waals surface area contributed by atoms with Gasteiger partial charge in [0.15, 0.2) is 11.5 Å². The fourth-order valence-corrected chi connectivity index (χ4v) is 3.06. The Morgan fingerprint density at radius 2 is 1.92 bits per heavy atom. The van der Waals surface area contributed by atoms with Gasteiger partial charge in [-0.05, 0) is 37.3 Å². The van der Waals surface area contributed by atoms with Gasteiger partial charge in [-0.25, -0.2) is 0 Å². The molecule has 1 unspecified atom stereocenters. The van der Waals surface area contributed by atoms with E-state index in [1.807, 2.05) is 36.4 Å². The molecule has 3 aromatic rings. The lowest BCUT2D eigenvalue weighted by Gasteiger charge is -2.09. The van der Waals surface area contributed by atoms with E-state index in [0.29, 0.717) is 22.6 Å². The number of carbonyl (C=O) groups is 1. The molecule has 1 N–H and O–H groups in total. The maximum atomic E-state index is 12.3. The summed E-state index contributed by atoms with van der Waals surface area (Å²) in [6.45, 7) is 1.99. The minimum absolute atomic E-state index is 0.135. The van der Waals surface area contributed by atoms with Crippen LogP contribution in [0.25, 0.3) is 11.5 Å². The largest absolute Gasteiger partial charge is 0.454 e. The number of amides is 1. The summed E-state index contributed by atoms with van der Waals surface area (Å²) in [4.78, 5) is 12.3. The predicted octanol–water partition coefficient (Wildman–Crippen LogP) is 3.58. The van der Waals surface area contributed by atoms with Crippen LogP contribution in [0.1, 0.15) is 6.92 Å². The molecule has 1 amide bonds. The Morgan fingerprint density at radius 3 is 2.77 bits per heavy atom. The van der Waals surface area contributed by atoms with Crippen LogP contribution in [0.2, 0.25) is 0 Å². The van der Waals surface area contributed by atoms with Crippen molar-refractivity contribution < 1.29 is 18.7 Å². The number of ether oxygens (including phenoxy) is 2. The van der Waals surface area contributed by atoms with E-state index >= 15 is 0 Å². The number of benzene rings is 2. The molecule has 1 atom stereocenters. The number of fused-ring (bicyclic) bond motifs is 1. The van der Waals surface area contributed by atoms with Crippen molar-refractivity contribution >= 4 is 23.4 Å². The van der Waals surface area contributed by atoms with Crippen molar-refractivity contribution in [3.05, 3.63) is 48.5 Å². The highest BCUT2D eigenvalue weighted by Crippen LogP contribution is 2.36. The Balaban J connectivity index is 1.42. The fourth-order valence-electron chi connectivity index (χ4n) is 2.37. The standard InChI is InChI=1S/C18H15N3O4S/c1-11(16(22)19-13-5-3-2-4-6-13)26-18-21-20-17(25-18)12-7-8-14-15(9-12)24-10-23-14/h2-9,11H,10H2,1H3,(H,19,22). The molecule has 8 heteroatoms. The molecule has 2 heterocycles. The summed E-state index contributed by atoms with van der Waals surface area (Å²) in [5.41, 5.74) is 1.48. The molecule has 1 aliphatic heterocycles. The number of carbonyl (C=O) groups excluding carboxylic acids is 1. The van der Waals surface area contributed by atoms with Crippen LogP contribution in [0.3, 0.4) is 0 Å². The first-order valence-electron chi connectivity index (χ1n) is 7.95. The molecule has 1 aliphatic rings. The van der Waals surface area contributed by atoms with Crippen LogP contribution in [0.15, 0.2) is 58.2 Å². The average Bonchev–Trinajstić information content (AvgIpc) is 3.31. The molecule has 2 aromatic carbocycles. The minimum atomic E-state index is -0.389. The molecule has 1 aromatic heterocycles. The zero-order chi connectivity index (χ0) is 17.9. The first kappa shape index (κ1) is 16.5. The van der Waals surface area contributed by atoms with Gasteiger partial charge in [-0.2, -0.15) is 0 Å². The Hall–Kier alpha value is -3.00. The third-order valence-electron chi connectivity index (χ3n) is 3.71. The van der Waals surface area contributed by atoms with Crippen molar-refractivity contribution in [2.75, 3.05) is 12.1 Å². The van der Waals surface area contributed by atoms with Crippen molar-refractivity contribution in [1.82, 2.24) is 10.2 Å². The van der Waals surface area contributed by atoms with Gasteiger partial charge in [-0.3, -0.25) is 4.79 Å². The lowest BCUT2D eigenvalue weighted by atomic mass is 10.2. The average molecular weight is 369 g/mol. The molecule has 0 saturated heterocycles. The summed E-state index contributed by atoms with van der Waals surface area (Å²) in [6.07, 6.45) is 0. The molecular weight excluding hydrogens is 354 g/mol. The van der Waals surface area contributed by atoms with E-state index < -0.39 is 0 Å². The normalized spacial score (nSPS) is 13.4. The summed E-state index contributed by atoms with van der Waals surface area (Å²) in [7, 11) is 0. The number of aromatic nitrogens is 2. The van der Waals surface area contributed by atoms with Gasteiger partial charge in [-0.15, -0.1) is 10.2 Å². The molecule has 0 spiro atoms. The van der Waals surface area contributed by atoms with Crippen molar-refractivity contribution in [3.8, 4) is 23.0 Å². The predicted molar refractivity (Wildman–Crippen MR) is 96.2 cm³/mol. The van der Waals surface area contributed by atoms with Crippen molar-refractivity contribution in [2.24, 2.45) is 0 Å². The van der Waals surface area contributed by atoms with E-state index in [0.717, 1.165) is 11.3 Å². The number of hydrogen-bond acceptors (Lipinski definition) is 7. The summed E-state index contributed by atoms with van der Waals surface area (Å²) >= 11 is 1.20. The molecule has 0 saturated carbocycles. The first-order chi connectivity index (χ1) is 12.7. The highest BCUT2D eigenvalue weighted by atomic mass is 32.2. The third kappa shape index (κ3) is 3.50. The van der Waals surface area contributed by atoms with Crippen LogP contribution in [0, 0.1) is 0 Å². The number of nitrogens with one attached hydrogen (secondary N) is 1. The SMILES string of the molecule is CC(Sc1nnc(-c2ccc3c(c2)OCO3)o1)C(=O)Nc1ccccc1. The molecule has 26 heavy (non-hydrogen) atoms. The molecule has 0 radical (unpaired) electrons. The van der Waals surface area contributed by atoms with Gasteiger partial charge in [0.1, 0.15) is 0 Å². The molecule has 0 bridgehead atoms. The third-order valence-corrected chi connectivity index (χ3v) is 4.65. The lowest BCUT2D eigenvalue weighted by Crippen LogP contribution is -2.22. The summed E-state index contributed by atoms with van der Waals surface area (Å²) < 4.78 is 16.3. The van der Waals surface area contributed by atoms with E-state index in [1.165, 1.54) is 11.8 Å². The van der Waals surface area contributed by atoms with Gasteiger partial charge in [0.2, 0.25) is 18.6 Å². The van der Waals surface area contributed by atoms with Crippen LogP contribution in [-0.4, -0.2) is 28.1 Å².